The summed E-state index contributed by atoms with van der Waals surface area (Å²) in [4.78, 5) is 14.5. The molecule has 8 nitrogen and oxygen atoms in total. The summed E-state index contributed by atoms with van der Waals surface area (Å²) in [5.74, 6) is -0.704. The SMILES string of the molecule is C[n+]1c(/C=C2C=C(/C=C3\Sc4ccccc4N3CCCCCC(=O)O)CCC/2)sc2ccccc21.[O-][Cl+3]([O-])([O-])[O-]. The molecular formula is C29H31ClN2O6S2. The molecule has 0 fully saturated rings. The molecule has 0 bridgehead atoms. The van der Waals surface area contributed by atoms with Crippen LogP contribution in [0.3, 0.4) is 0 Å². The van der Waals surface area contributed by atoms with Crippen LogP contribution in [0.25, 0.3) is 16.3 Å². The summed E-state index contributed by atoms with van der Waals surface area (Å²) in [6.07, 6.45) is 13.4. The zero-order valence-corrected chi connectivity index (χ0v) is 24.5. The third-order valence-electron chi connectivity index (χ3n) is 6.60. The van der Waals surface area contributed by atoms with Crippen LogP contribution in [0.1, 0.15) is 50.0 Å². The van der Waals surface area contributed by atoms with Gasteiger partial charge in [-0.25, -0.2) is 18.6 Å². The van der Waals surface area contributed by atoms with Gasteiger partial charge in [0.05, 0.1) is 10.7 Å². The predicted molar refractivity (Wildman–Crippen MR) is 147 cm³/mol. The first-order valence-electron chi connectivity index (χ1n) is 13.0. The fraction of sp³-hybridized carbons (Fsp3) is 0.310. The number of fused-ring (bicyclic) bond motifs is 2. The van der Waals surface area contributed by atoms with Crippen LogP contribution in [0.4, 0.5) is 5.69 Å². The van der Waals surface area contributed by atoms with Crippen LogP contribution in [0, 0.1) is 10.2 Å². The van der Waals surface area contributed by atoms with E-state index >= 15 is 0 Å². The van der Waals surface area contributed by atoms with E-state index in [0.29, 0.717) is 0 Å². The van der Waals surface area contributed by atoms with Crippen molar-refractivity contribution in [2.24, 2.45) is 7.05 Å². The van der Waals surface area contributed by atoms with Gasteiger partial charge in [0.25, 0.3) is 5.01 Å². The van der Waals surface area contributed by atoms with Gasteiger partial charge in [-0.1, -0.05) is 59.9 Å². The molecule has 0 saturated carbocycles. The van der Waals surface area contributed by atoms with Crippen LogP contribution in [-0.2, 0) is 11.8 Å². The first kappa shape index (κ1) is 30.3. The number of para-hydroxylation sites is 2. The van der Waals surface area contributed by atoms with E-state index in [2.05, 4.69) is 83.3 Å². The lowest BCUT2D eigenvalue weighted by atomic mass is 9.95. The summed E-state index contributed by atoms with van der Waals surface area (Å²) >= 11 is 3.70. The number of nitrogens with zero attached hydrogens (tertiary/aromatic N) is 2. The molecule has 0 saturated heterocycles. The minimum Gasteiger partial charge on any atom is -0.481 e. The Kier molecular flexibility index (Phi) is 10.4. The molecule has 0 radical (unpaired) electrons. The molecule has 0 amide bonds. The molecule has 0 spiro atoms. The van der Waals surface area contributed by atoms with Crippen molar-refractivity contribution in [3.05, 3.63) is 81.9 Å². The highest BCUT2D eigenvalue weighted by Crippen LogP contribution is 2.46. The molecule has 1 aromatic heterocycles. The van der Waals surface area contributed by atoms with E-state index in [1.807, 2.05) is 23.1 Å². The van der Waals surface area contributed by atoms with E-state index in [0.717, 1.165) is 38.6 Å². The lowest BCUT2D eigenvalue weighted by Crippen LogP contribution is -2.68. The summed E-state index contributed by atoms with van der Waals surface area (Å²) in [7, 11) is -2.79. The molecule has 2 aromatic carbocycles. The van der Waals surface area contributed by atoms with Crippen LogP contribution in [0.5, 0.6) is 0 Å². The zero-order chi connectivity index (χ0) is 28.7. The standard InChI is InChI=1S/C29H30N2O2S2.ClHO4/c1-30-23-12-4-6-14-25(23)34-27(30)19-21-10-9-11-22(18-21)20-28-31(17-8-2-3-16-29(32)33)24-13-5-7-15-26(24)35-28;2-1(3,4)5/h4-7,12-15,18-20H,2-3,8-11,16-17H2,1H3;(H,2,3,4,5). The number of benzene rings is 2. The molecular weight excluding hydrogens is 572 g/mol. The minimum absolute atomic E-state index is 0.258. The van der Waals surface area contributed by atoms with Gasteiger partial charge in [0.15, 0.2) is 0 Å². The maximum atomic E-state index is 10.8. The molecule has 1 aliphatic heterocycles. The Morgan fingerprint density at radius 3 is 2.50 bits per heavy atom. The molecule has 0 atom stereocenters. The summed E-state index contributed by atoms with van der Waals surface area (Å²) in [6, 6.07) is 17.2. The number of thioether (sulfide) groups is 1. The van der Waals surface area contributed by atoms with Crippen molar-refractivity contribution < 1.29 is 43.3 Å². The molecule has 2 heterocycles. The van der Waals surface area contributed by atoms with E-state index < -0.39 is 16.2 Å². The average Bonchev–Trinajstić information content (AvgIpc) is 3.39. The number of aryl methyl sites for hydroxylation is 1. The first-order valence-corrected chi connectivity index (χ1v) is 15.8. The maximum absolute atomic E-state index is 10.8. The van der Waals surface area contributed by atoms with E-state index in [1.165, 1.54) is 48.4 Å². The molecule has 40 heavy (non-hydrogen) atoms. The molecule has 3 aromatic rings. The molecule has 1 aliphatic carbocycles. The number of allylic oxidation sites excluding steroid dienone is 4. The first-order chi connectivity index (χ1) is 19.1. The number of hydrogen-bond donors (Lipinski definition) is 1. The highest BCUT2D eigenvalue weighted by molar-refractivity contribution is 8.03. The topological polar surface area (TPSA) is 137 Å². The Morgan fingerprint density at radius 2 is 1.75 bits per heavy atom. The van der Waals surface area contributed by atoms with Crippen LogP contribution in [0.2, 0.25) is 0 Å². The van der Waals surface area contributed by atoms with Crippen LogP contribution in [-0.4, -0.2) is 17.6 Å². The van der Waals surface area contributed by atoms with Crippen molar-refractivity contribution in [3.63, 3.8) is 0 Å². The minimum atomic E-state index is -4.94. The monoisotopic (exact) mass is 602 g/mol. The Balaban J connectivity index is 0.000000681. The molecule has 212 valence electrons. The summed E-state index contributed by atoms with van der Waals surface area (Å²) in [5, 5.41) is 11.5. The van der Waals surface area contributed by atoms with Crippen molar-refractivity contribution in [2.45, 2.75) is 49.8 Å². The zero-order valence-electron chi connectivity index (χ0n) is 22.1. The van der Waals surface area contributed by atoms with Gasteiger partial charge >= 0.3 is 5.97 Å². The van der Waals surface area contributed by atoms with Gasteiger partial charge in [0.2, 0.25) is 5.52 Å². The quantitative estimate of drug-likeness (QED) is 0.307. The number of unbranched alkanes of at least 4 members (excludes halogenated alkanes) is 2. The number of thiazole rings is 1. The third kappa shape index (κ3) is 8.65. The van der Waals surface area contributed by atoms with Gasteiger partial charge in [0.1, 0.15) is 11.7 Å². The molecule has 11 heteroatoms. The van der Waals surface area contributed by atoms with Crippen LogP contribution >= 0.6 is 23.1 Å². The van der Waals surface area contributed by atoms with Crippen molar-refractivity contribution in [2.75, 3.05) is 11.4 Å². The van der Waals surface area contributed by atoms with E-state index in [4.69, 9.17) is 23.7 Å². The lowest BCUT2D eigenvalue weighted by Gasteiger charge is -2.21. The van der Waals surface area contributed by atoms with Crippen LogP contribution < -0.4 is 28.1 Å². The van der Waals surface area contributed by atoms with E-state index in [9.17, 15) is 4.79 Å². The Bertz CT molecular complexity index is 1440. The number of hydrogen-bond acceptors (Lipinski definition) is 8. The van der Waals surface area contributed by atoms with Crippen molar-refractivity contribution in [3.8, 4) is 0 Å². The number of aliphatic carboxylic acids is 1. The van der Waals surface area contributed by atoms with Gasteiger partial charge < -0.3 is 10.0 Å². The second-order valence-electron chi connectivity index (χ2n) is 9.55. The Hall–Kier alpha value is -2.70. The van der Waals surface area contributed by atoms with Gasteiger partial charge in [-0.2, -0.15) is 4.57 Å². The van der Waals surface area contributed by atoms with Gasteiger partial charge in [-0.3, -0.25) is 4.79 Å². The fourth-order valence-corrected chi connectivity index (χ4v) is 7.08. The summed E-state index contributed by atoms with van der Waals surface area (Å²) < 4.78 is 37.6. The maximum Gasteiger partial charge on any atom is 0.303 e. The Labute approximate surface area is 243 Å². The summed E-state index contributed by atoms with van der Waals surface area (Å²) in [6.45, 7) is 0.920. The number of carbonyl (C=O) groups is 1. The fourth-order valence-electron chi connectivity index (χ4n) is 4.78. The highest BCUT2D eigenvalue weighted by atomic mass is 35.7. The molecule has 5 rings (SSSR count). The van der Waals surface area contributed by atoms with Gasteiger partial charge in [-0.05, 0) is 67.5 Å². The predicted octanol–water partition coefficient (Wildman–Crippen LogP) is 2.56. The normalized spacial score (nSPS) is 17.1. The largest absolute Gasteiger partial charge is 0.481 e. The van der Waals surface area contributed by atoms with Crippen molar-refractivity contribution >= 4 is 51.0 Å². The molecule has 0 unspecified atom stereocenters. The van der Waals surface area contributed by atoms with E-state index in [1.54, 1.807) is 0 Å². The number of anilines is 1. The number of aromatic nitrogens is 1. The van der Waals surface area contributed by atoms with E-state index in [-0.39, 0.29) is 6.42 Å². The third-order valence-corrected chi connectivity index (χ3v) is 8.88. The van der Waals surface area contributed by atoms with Gasteiger partial charge in [-0.15, -0.1) is 10.2 Å². The highest BCUT2D eigenvalue weighted by Gasteiger charge is 2.25. The Morgan fingerprint density at radius 1 is 1.02 bits per heavy atom. The smallest absolute Gasteiger partial charge is 0.303 e. The molecule has 2 aliphatic rings. The van der Waals surface area contributed by atoms with Crippen molar-refractivity contribution in [1.82, 2.24) is 0 Å². The average molecular weight is 603 g/mol. The second-order valence-corrected chi connectivity index (χ2v) is 12.4. The number of halogens is 1. The second kappa shape index (κ2) is 13.8. The van der Waals surface area contributed by atoms with Crippen molar-refractivity contribution in [1.29, 1.82) is 0 Å². The number of rotatable bonds is 8. The molecule has 1 N–H and O–H groups in total. The van der Waals surface area contributed by atoms with Crippen LogP contribution in [0.15, 0.2) is 81.8 Å². The number of carboxylic acid groups (broad SMARTS) is 1. The van der Waals surface area contributed by atoms with Gasteiger partial charge in [0, 0.05) is 30.0 Å². The summed E-state index contributed by atoms with van der Waals surface area (Å²) in [5.41, 5.74) is 5.33. The lowest BCUT2D eigenvalue weighted by molar-refractivity contribution is -2.00. The number of carboxylic acids is 1.